The summed E-state index contributed by atoms with van der Waals surface area (Å²) in [4.78, 5) is 16.3. The molecular formula is C14H23NO2S. The zero-order valence-electron chi connectivity index (χ0n) is 11.4. The van der Waals surface area contributed by atoms with Gasteiger partial charge in [0.15, 0.2) is 0 Å². The van der Waals surface area contributed by atoms with Crippen molar-refractivity contribution >= 4 is 22.8 Å². The summed E-state index contributed by atoms with van der Waals surface area (Å²) >= 11 is 1.32. The summed E-state index contributed by atoms with van der Waals surface area (Å²) < 4.78 is 4.88. The first-order chi connectivity index (χ1) is 8.63. The third-order valence-electron chi connectivity index (χ3n) is 3.07. The summed E-state index contributed by atoms with van der Waals surface area (Å²) in [5.74, 6) is 0.389. The minimum Gasteiger partial charge on any atom is -0.462 e. The van der Waals surface area contributed by atoms with Crippen LogP contribution in [0, 0.1) is 5.92 Å². The van der Waals surface area contributed by atoms with E-state index in [1.165, 1.54) is 43.9 Å². The third-order valence-corrected chi connectivity index (χ3v) is 3.91. The molecule has 0 N–H and O–H groups in total. The van der Waals surface area contributed by atoms with E-state index in [9.17, 15) is 4.79 Å². The second-order valence-electron chi connectivity index (χ2n) is 4.61. The van der Waals surface area contributed by atoms with Crippen LogP contribution in [0.5, 0.6) is 0 Å². The Morgan fingerprint density at radius 1 is 1.39 bits per heavy atom. The molecule has 0 radical (unpaired) electrons. The molecule has 0 unspecified atom stereocenters. The molecular weight excluding hydrogens is 246 g/mol. The molecule has 0 heterocycles. The molecule has 102 valence electrons. The minimum atomic E-state index is -0.338. The number of nitrogens with zero attached hydrogens (tertiary/aromatic N) is 1. The van der Waals surface area contributed by atoms with E-state index < -0.39 is 0 Å². The van der Waals surface area contributed by atoms with Crippen LogP contribution in [0.15, 0.2) is 16.5 Å². The molecule has 3 nitrogen and oxygen atoms in total. The average molecular weight is 269 g/mol. The summed E-state index contributed by atoms with van der Waals surface area (Å²) in [5.41, 5.74) is 0. The average Bonchev–Trinajstić information content (AvgIpc) is 2.38. The van der Waals surface area contributed by atoms with Gasteiger partial charge in [0.1, 0.15) is 0 Å². The molecule has 0 aliphatic heterocycles. The van der Waals surface area contributed by atoms with E-state index in [2.05, 4.69) is 11.6 Å². The molecule has 0 bridgehead atoms. The second kappa shape index (κ2) is 8.35. The lowest BCUT2D eigenvalue weighted by molar-refractivity contribution is -0.137. The number of hydrogen-bond donors (Lipinski definition) is 0. The van der Waals surface area contributed by atoms with Gasteiger partial charge >= 0.3 is 5.97 Å². The number of ether oxygens (including phenoxy) is 1. The normalized spacial score (nSPS) is 17.6. The summed E-state index contributed by atoms with van der Waals surface area (Å²) in [6.45, 7) is 8.71. The van der Waals surface area contributed by atoms with E-state index >= 15 is 0 Å². The summed E-state index contributed by atoms with van der Waals surface area (Å²) in [6.07, 6.45) is 6.62. The van der Waals surface area contributed by atoms with Crippen molar-refractivity contribution in [1.29, 1.82) is 0 Å². The van der Waals surface area contributed by atoms with Gasteiger partial charge in [-0.25, -0.2) is 4.79 Å². The number of carbonyl (C=O) groups excluding carboxylic acids is 1. The Labute approximate surface area is 114 Å². The highest BCUT2D eigenvalue weighted by atomic mass is 32.2. The molecule has 18 heavy (non-hydrogen) atoms. The van der Waals surface area contributed by atoms with Crippen LogP contribution in [0.2, 0.25) is 0 Å². The molecule has 0 saturated heterocycles. The number of carbonyl (C=O) groups is 1. The molecule has 1 aliphatic carbocycles. The summed E-state index contributed by atoms with van der Waals surface area (Å²) in [5, 5.41) is 0.902. The van der Waals surface area contributed by atoms with Crippen molar-refractivity contribution in [2.45, 2.75) is 46.0 Å². The van der Waals surface area contributed by atoms with Gasteiger partial charge in [0.25, 0.3) is 0 Å². The number of esters is 1. The van der Waals surface area contributed by atoms with Gasteiger partial charge in [-0.15, -0.1) is 0 Å². The molecule has 0 spiro atoms. The van der Waals surface area contributed by atoms with Crippen molar-refractivity contribution in [1.82, 2.24) is 0 Å². The first kappa shape index (κ1) is 15.3. The van der Waals surface area contributed by atoms with Crippen molar-refractivity contribution in [2.24, 2.45) is 10.9 Å². The molecule has 0 aromatic rings. The van der Waals surface area contributed by atoms with Gasteiger partial charge in [0.05, 0.1) is 16.6 Å². The largest absolute Gasteiger partial charge is 0.462 e. The Kier molecular flexibility index (Phi) is 7.09. The molecule has 0 aromatic heterocycles. The van der Waals surface area contributed by atoms with Crippen molar-refractivity contribution in [3.63, 3.8) is 0 Å². The smallest absolute Gasteiger partial charge is 0.344 e. The fourth-order valence-corrected chi connectivity index (χ4v) is 2.73. The van der Waals surface area contributed by atoms with Crippen LogP contribution in [0.3, 0.4) is 0 Å². The van der Waals surface area contributed by atoms with E-state index in [1.54, 1.807) is 6.92 Å². The van der Waals surface area contributed by atoms with Crippen LogP contribution in [-0.2, 0) is 9.53 Å². The van der Waals surface area contributed by atoms with E-state index in [0.717, 1.165) is 17.5 Å². The van der Waals surface area contributed by atoms with Gasteiger partial charge in [-0.1, -0.05) is 37.6 Å². The van der Waals surface area contributed by atoms with Crippen LogP contribution < -0.4 is 0 Å². The number of hydrogen-bond acceptors (Lipinski definition) is 4. The van der Waals surface area contributed by atoms with Crippen molar-refractivity contribution in [2.75, 3.05) is 13.2 Å². The first-order valence-electron chi connectivity index (χ1n) is 6.68. The monoisotopic (exact) mass is 269 g/mol. The molecule has 1 fully saturated rings. The molecule has 1 saturated carbocycles. The van der Waals surface area contributed by atoms with Crippen LogP contribution in [-0.4, -0.2) is 24.2 Å². The number of thioether (sulfide) groups is 1. The Morgan fingerprint density at radius 3 is 2.67 bits per heavy atom. The SMILES string of the molecule is C=C(SC(C)=NCC1CCCCC1)C(=O)OCC. The van der Waals surface area contributed by atoms with Crippen molar-refractivity contribution in [3.8, 4) is 0 Å². The third kappa shape index (κ3) is 5.71. The summed E-state index contributed by atoms with van der Waals surface area (Å²) in [6, 6.07) is 0. The zero-order valence-corrected chi connectivity index (χ0v) is 12.2. The topological polar surface area (TPSA) is 38.7 Å². The number of aliphatic imine (C=N–C) groups is 1. The Morgan fingerprint density at radius 2 is 2.06 bits per heavy atom. The Bertz CT molecular complexity index is 320. The predicted octanol–water partition coefficient (Wildman–Crippen LogP) is 3.80. The minimum absolute atomic E-state index is 0.338. The molecule has 0 amide bonds. The van der Waals surface area contributed by atoms with Crippen molar-refractivity contribution < 1.29 is 9.53 Å². The van der Waals surface area contributed by atoms with Crippen LogP contribution in [0.25, 0.3) is 0 Å². The highest BCUT2D eigenvalue weighted by Gasteiger charge is 2.13. The number of rotatable bonds is 5. The van der Waals surface area contributed by atoms with Gasteiger partial charge in [-0.05, 0) is 32.6 Å². The van der Waals surface area contributed by atoms with Gasteiger partial charge < -0.3 is 4.74 Å². The van der Waals surface area contributed by atoms with E-state index in [0.29, 0.717) is 11.5 Å². The van der Waals surface area contributed by atoms with Crippen LogP contribution in [0.4, 0.5) is 0 Å². The molecule has 0 atom stereocenters. The molecule has 1 rings (SSSR count). The lowest BCUT2D eigenvalue weighted by Crippen LogP contribution is -2.10. The molecule has 1 aliphatic rings. The standard InChI is InChI=1S/C14H23NO2S/c1-4-17-14(16)11(2)18-12(3)15-10-13-8-6-5-7-9-13/h13H,2,4-10H2,1,3H3. The van der Waals surface area contributed by atoms with Crippen LogP contribution >= 0.6 is 11.8 Å². The van der Waals surface area contributed by atoms with E-state index in [-0.39, 0.29) is 5.97 Å². The van der Waals surface area contributed by atoms with Crippen LogP contribution in [0.1, 0.15) is 46.0 Å². The first-order valence-corrected chi connectivity index (χ1v) is 7.50. The lowest BCUT2D eigenvalue weighted by Gasteiger charge is -2.19. The highest BCUT2D eigenvalue weighted by Crippen LogP contribution is 2.24. The Balaban J connectivity index is 2.32. The maximum Gasteiger partial charge on any atom is 0.344 e. The van der Waals surface area contributed by atoms with Crippen molar-refractivity contribution in [3.05, 3.63) is 11.5 Å². The highest BCUT2D eigenvalue weighted by molar-refractivity contribution is 8.17. The van der Waals surface area contributed by atoms with Gasteiger partial charge in [0, 0.05) is 6.54 Å². The maximum atomic E-state index is 11.4. The fourth-order valence-electron chi connectivity index (χ4n) is 2.09. The molecule has 0 aromatic carbocycles. The fraction of sp³-hybridized carbons (Fsp3) is 0.714. The zero-order chi connectivity index (χ0) is 13.4. The maximum absolute atomic E-state index is 11.4. The van der Waals surface area contributed by atoms with Gasteiger partial charge in [-0.3, -0.25) is 4.99 Å². The quantitative estimate of drug-likeness (QED) is 0.330. The summed E-state index contributed by atoms with van der Waals surface area (Å²) in [7, 11) is 0. The predicted molar refractivity (Wildman–Crippen MR) is 77.9 cm³/mol. The second-order valence-corrected chi connectivity index (χ2v) is 5.90. The van der Waals surface area contributed by atoms with Gasteiger partial charge in [0.2, 0.25) is 0 Å². The Hall–Kier alpha value is -0.770. The molecule has 4 heteroatoms. The van der Waals surface area contributed by atoms with E-state index in [1.807, 2.05) is 6.92 Å². The van der Waals surface area contributed by atoms with E-state index in [4.69, 9.17) is 4.74 Å². The van der Waals surface area contributed by atoms with Gasteiger partial charge in [-0.2, -0.15) is 0 Å². The lowest BCUT2D eigenvalue weighted by atomic mass is 9.89.